The number of nitrogens with zero attached hydrogens (tertiary/aromatic N) is 1. The van der Waals surface area contributed by atoms with E-state index in [9.17, 15) is 19.8 Å². The minimum absolute atomic E-state index is 0.0357. The van der Waals surface area contributed by atoms with Crippen LogP contribution in [0.4, 0.5) is 0 Å². The molecule has 9 atom stereocenters. The van der Waals surface area contributed by atoms with Crippen molar-refractivity contribution in [2.45, 2.75) is 148 Å². The number of amides is 1. The van der Waals surface area contributed by atoms with E-state index in [0.717, 1.165) is 71.7 Å². The number of hydrogen-bond donors (Lipinski definition) is 3. The number of nitrogens with one attached hydrogen (secondary N) is 1. The van der Waals surface area contributed by atoms with Gasteiger partial charge >= 0.3 is 0 Å². The van der Waals surface area contributed by atoms with Crippen molar-refractivity contribution in [3.8, 4) is 0 Å². The molecule has 0 radical (unpaired) electrons. The Labute approximate surface area is 302 Å². The molecule has 0 spiro atoms. The molecule has 3 heterocycles. The normalized spacial score (nSPS) is 39.7. The van der Waals surface area contributed by atoms with E-state index >= 15 is 0 Å². The number of hydrogen-bond acceptors (Lipinski definition) is 5. The van der Waals surface area contributed by atoms with Crippen LogP contribution >= 0.6 is 0 Å². The number of aliphatic hydroxyl groups excluding tert-OH is 2. The predicted octanol–water partition coefficient (Wildman–Crippen LogP) is 7.82. The fourth-order valence-corrected chi connectivity index (χ4v) is 13.1. The maximum absolute atomic E-state index is 14.9. The van der Waals surface area contributed by atoms with Crippen LogP contribution in [0.15, 0.2) is 36.4 Å². The highest BCUT2D eigenvalue weighted by Gasteiger charge is 2.68. The molecule has 2 aromatic rings. The first-order valence-electron chi connectivity index (χ1n) is 19.6. The van der Waals surface area contributed by atoms with Gasteiger partial charge in [-0.2, -0.15) is 0 Å². The van der Waals surface area contributed by atoms with Gasteiger partial charge in [0.15, 0.2) is 5.78 Å². The molecule has 3 N–H and O–H groups in total. The zero-order valence-electron chi connectivity index (χ0n) is 31.8. The Morgan fingerprint density at radius 2 is 1.80 bits per heavy atom. The molecular formula is C44H56N2O5. The van der Waals surface area contributed by atoms with Crippen LogP contribution in [-0.2, 0) is 21.4 Å². The number of aromatic nitrogens is 1. The number of fused-ring (bicyclic) bond motifs is 11. The summed E-state index contributed by atoms with van der Waals surface area (Å²) in [5.74, 6) is 0.384. The van der Waals surface area contributed by atoms with Gasteiger partial charge < -0.3 is 24.8 Å². The van der Waals surface area contributed by atoms with Gasteiger partial charge in [-0.3, -0.25) is 9.59 Å². The van der Waals surface area contributed by atoms with Gasteiger partial charge in [0, 0.05) is 39.4 Å². The molecule has 1 aromatic carbocycles. The van der Waals surface area contributed by atoms with E-state index in [-0.39, 0.29) is 39.8 Å². The second kappa shape index (κ2) is 10.4. The van der Waals surface area contributed by atoms with E-state index in [1.54, 1.807) is 6.08 Å². The van der Waals surface area contributed by atoms with Gasteiger partial charge in [-0.25, -0.2) is 0 Å². The Morgan fingerprint density at radius 1 is 1.08 bits per heavy atom. The summed E-state index contributed by atoms with van der Waals surface area (Å²) in [5, 5.41) is 28.1. The van der Waals surface area contributed by atoms with Crippen molar-refractivity contribution < 1.29 is 24.5 Å². The summed E-state index contributed by atoms with van der Waals surface area (Å²) >= 11 is 0. The van der Waals surface area contributed by atoms with Crippen molar-refractivity contribution in [1.82, 2.24) is 9.88 Å². The third kappa shape index (κ3) is 4.23. The van der Waals surface area contributed by atoms with Gasteiger partial charge in [0.1, 0.15) is 6.04 Å². The van der Waals surface area contributed by atoms with Crippen LogP contribution in [0.5, 0.6) is 0 Å². The molecule has 0 saturated heterocycles. The standard InChI is InChI=1S/C44H56N2O5/c1-22(2)35-38(50)33-32-25(28-21-40(3,4)51-41(5,6)34(28)37(32)49)20-26-27-19-23-12-15-29-42(7,17-10-11-31(48)45-24-13-14-24)30(47)16-18-43(29,8)44(23,9)39(27)46(35)36(26)33/h10-11,20-21,23-24,29-30,34-35,37,47,49H,1,12-19H2,2-9H3,(H,45,48)/b11-10+/t23?,29-,30-,34?,35-,37+,42-,43-,44+/m0/s1. The minimum Gasteiger partial charge on any atom is -0.393 e. The largest absolute Gasteiger partial charge is 0.393 e. The Kier molecular flexibility index (Phi) is 6.87. The molecule has 2 aliphatic heterocycles. The SMILES string of the molecule is C=C(C)[C@H]1C(=O)c2c3c(cc4c5c(n1c24)[C@@]1(C)C(CC[C@H]2[C@](C)(C/C=C/C(=O)NC4CC4)[C@@H](O)CC[C@@]21C)C5)C1=CC(C)(C)OC(C)(C)C1[C@@H]3O. The summed E-state index contributed by atoms with van der Waals surface area (Å²) in [5.41, 5.74) is 6.06. The second-order valence-electron chi connectivity index (χ2n) is 19.4. The average Bonchev–Trinajstić information content (AvgIpc) is 3.50. The molecule has 1 amide bonds. The van der Waals surface area contributed by atoms with Crippen LogP contribution in [0.25, 0.3) is 16.5 Å². The number of ether oxygens (including phenoxy) is 1. The highest BCUT2D eigenvalue weighted by Crippen LogP contribution is 2.72. The fourth-order valence-electron chi connectivity index (χ4n) is 13.1. The summed E-state index contributed by atoms with van der Waals surface area (Å²) in [6.45, 7) is 21.9. The third-order valence-electron chi connectivity index (χ3n) is 15.5. The van der Waals surface area contributed by atoms with Crippen LogP contribution in [0.2, 0.25) is 0 Å². The summed E-state index contributed by atoms with van der Waals surface area (Å²) in [7, 11) is 0. The average molecular weight is 693 g/mol. The topological polar surface area (TPSA) is 101 Å². The third-order valence-corrected chi connectivity index (χ3v) is 15.5. The van der Waals surface area contributed by atoms with Gasteiger partial charge in [0.25, 0.3) is 0 Å². The Balaban J connectivity index is 1.22. The predicted molar refractivity (Wildman–Crippen MR) is 199 cm³/mol. The lowest BCUT2D eigenvalue weighted by Crippen LogP contribution is -2.62. The van der Waals surface area contributed by atoms with Crippen molar-refractivity contribution in [3.05, 3.63) is 64.4 Å². The number of carbonyl (C=O) groups excluding carboxylic acids is 2. The lowest BCUT2D eigenvalue weighted by molar-refractivity contribution is -0.163. The molecule has 3 saturated carbocycles. The summed E-state index contributed by atoms with van der Waals surface area (Å²) in [6.07, 6.45) is 12.0. The van der Waals surface area contributed by atoms with E-state index in [4.69, 9.17) is 4.74 Å². The number of benzene rings is 1. The van der Waals surface area contributed by atoms with Crippen LogP contribution in [0.1, 0.15) is 145 Å². The molecule has 2 unspecified atom stereocenters. The summed E-state index contributed by atoms with van der Waals surface area (Å²) < 4.78 is 8.91. The van der Waals surface area contributed by atoms with Gasteiger partial charge in [-0.1, -0.05) is 39.0 Å². The number of rotatable bonds is 5. The van der Waals surface area contributed by atoms with Crippen LogP contribution in [-0.4, -0.2) is 49.8 Å². The summed E-state index contributed by atoms with van der Waals surface area (Å²) in [4.78, 5) is 27.5. The van der Waals surface area contributed by atoms with E-state index in [2.05, 4.69) is 77.1 Å². The molecule has 272 valence electrons. The first-order valence-corrected chi connectivity index (χ1v) is 19.6. The minimum atomic E-state index is -0.845. The first kappa shape index (κ1) is 33.8. The zero-order chi connectivity index (χ0) is 36.4. The van der Waals surface area contributed by atoms with E-state index in [1.807, 2.05) is 13.0 Å². The van der Waals surface area contributed by atoms with Gasteiger partial charge in [-0.05, 0) is 138 Å². The van der Waals surface area contributed by atoms with Crippen LogP contribution in [0.3, 0.4) is 0 Å². The monoisotopic (exact) mass is 692 g/mol. The molecule has 1 aromatic heterocycles. The van der Waals surface area contributed by atoms with Crippen LogP contribution < -0.4 is 5.32 Å². The summed E-state index contributed by atoms with van der Waals surface area (Å²) in [6, 6.07) is 2.11. The van der Waals surface area contributed by atoms with Crippen molar-refractivity contribution in [3.63, 3.8) is 0 Å². The molecule has 7 nitrogen and oxygen atoms in total. The Bertz CT molecular complexity index is 2010. The lowest BCUT2D eigenvalue weighted by Gasteiger charge is -2.65. The van der Waals surface area contributed by atoms with Crippen molar-refractivity contribution >= 4 is 28.2 Å². The molecule has 7 aliphatic rings. The van der Waals surface area contributed by atoms with Crippen molar-refractivity contribution in [1.29, 1.82) is 0 Å². The van der Waals surface area contributed by atoms with Gasteiger partial charge in [0.05, 0.1) is 34.5 Å². The van der Waals surface area contributed by atoms with Gasteiger partial charge in [-0.15, -0.1) is 0 Å². The molecule has 9 rings (SSSR count). The zero-order valence-corrected chi connectivity index (χ0v) is 31.8. The fraction of sp³-hybridized carbons (Fsp3) is 0.636. The highest BCUT2D eigenvalue weighted by molar-refractivity contribution is 6.18. The van der Waals surface area contributed by atoms with E-state index in [0.29, 0.717) is 30.4 Å². The molecule has 5 aliphatic carbocycles. The molecule has 7 heteroatoms. The Hall–Kier alpha value is -3.00. The molecule has 0 bridgehead atoms. The molecule has 51 heavy (non-hydrogen) atoms. The number of aliphatic hydroxyl groups is 2. The number of carbonyl (C=O) groups is 2. The Morgan fingerprint density at radius 3 is 2.49 bits per heavy atom. The van der Waals surface area contributed by atoms with E-state index in [1.165, 1.54) is 11.3 Å². The van der Waals surface area contributed by atoms with Crippen LogP contribution in [0, 0.1) is 28.6 Å². The van der Waals surface area contributed by atoms with E-state index < -0.39 is 29.5 Å². The van der Waals surface area contributed by atoms with Gasteiger partial charge in [0.2, 0.25) is 5.91 Å². The number of allylic oxidation sites excluding steroid dienone is 2. The maximum atomic E-state index is 14.9. The maximum Gasteiger partial charge on any atom is 0.243 e. The lowest BCUT2D eigenvalue weighted by atomic mass is 9.40. The number of Topliss-reactive ketones (excluding diaryl/α,β-unsaturated/α-hetero) is 1. The van der Waals surface area contributed by atoms with Crippen molar-refractivity contribution in [2.24, 2.45) is 28.6 Å². The highest BCUT2D eigenvalue weighted by atomic mass is 16.5. The van der Waals surface area contributed by atoms with Crippen molar-refractivity contribution in [2.75, 3.05) is 0 Å². The first-order chi connectivity index (χ1) is 23.9. The molecular weight excluding hydrogens is 636 g/mol. The molecule has 3 fully saturated rings. The smallest absolute Gasteiger partial charge is 0.243 e. The quantitative estimate of drug-likeness (QED) is 0.219. The number of ketones is 1. The second-order valence-corrected chi connectivity index (χ2v) is 19.4.